The van der Waals surface area contributed by atoms with Crippen LogP contribution in [0.2, 0.25) is 0 Å². The second-order valence-electron chi connectivity index (χ2n) is 3.92. The number of urea groups is 1. The van der Waals surface area contributed by atoms with Crippen molar-refractivity contribution < 1.29 is 19.5 Å². The zero-order valence-electron chi connectivity index (χ0n) is 9.92. The summed E-state index contributed by atoms with van der Waals surface area (Å²) in [4.78, 5) is 34.6. The molecule has 102 valence electrons. The number of carbonyl (C=O) groups is 3. The lowest BCUT2D eigenvalue weighted by Crippen LogP contribution is -2.53. The van der Waals surface area contributed by atoms with Crippen molar-refractivity contribution in [2.45, 2.75) is 18.9 Å². The molecule has 1 aliphatic rings. The van der Waals surface area contributed by atoms with Crippen molar-refractivity contribution in [1.29, 1.82) is 0 Å². The number of nitrogens with one attached hydrogen (secondary N) is 1. The average molecular weight is 275 g/mol. The van der Waals surface area contributed by atoms with Crippen LogP contribution in [-0.2, 0) is 9.59 Å². The largest absolute Gasteiger partial charge is 0.480 e. The van der Waals surface area contributed by atoms with Gasteiger partial charge in [-0.15, -0.1) is 0 Å². The molecule has 0 bridgehead atoms. The maximum atomic E-state index is 11.8. The zero-order chi connectivity index (χ0) is 13.5. The van der Waals surface area contributed by atoms with Crippen molar-refractivity contribution in [3.8, 4) is 0 Å². The molecule has 0 spiro atoms. The molecule has 1 atom stereocenters. The minimum absolute atomic E-state index is 0.207. The fourth-order valence-electron chi connectivity index (χ4n) is 1.61. The summed E-state index contributed by atoms with van der Waals surface area (Å²) in [6, 6.07) is -1.17. The number of nitrogens with two attached hydrogens (primary N) is 1. The number of amides is 3. The van der Waals surface area contributed by atoms with Crippen LogP contribution < -0.4 is 11.1 Å². The van der Waals surface area contributed by atoms with Crippen molar-refractivity contribution in [2.75, 3.05) is 24.6 Å². The Morgan fingerprint density at radius 1 is 1.44 bits per heavy atom. The Balaban J connectivity index is 2.38. The molecule has 0 saturated carbocycles. The van der Waals surface area contributed by atoms with Crippen LogP contribution in [-0.4, -0.2) is 58.6 Å². The van der Waals surface area contributed by atoms with E-state index in [0.29, 0.717) is 25.3 Å². The molecule has 0 aromatic rings. The van der Waals surface area contributed by atoms with Crippen LogP contribution in [0.3, 0.4) is 0 Å². The summed E-state index contributed by atoms with van der Waals surface area (Å²) < 4.78 is 0. The van der Waals surface area contributed by atoms with Gasteiger partial charge < -0.3 is 21.1 Å². The summed E-state index contributed by atoms with van der Waals surface area (Å²) in [6.45, 7) is 0.737. The van der Waals surface area contributed by atoms with Crippen LogP contribution in [0.1, 0.15) is 12.8 Å². The van der Waals surface area contributed by atoms with Crippen LogP contribution in [0.4, 0.5) is 4.79 Å². The smallest absolute Gasteiger partial charge is 0.327 e. The molecule has 1 fully saturated rings. The molecule has 1 aliphatic heterocycles. The van der Waals surface area contributed by atoms with Gasteiger partial charge in [-0.3, -0.25) is 4.79 Å². The Kier molecular flexibility index (Phi) is 5.76. The molecular weight excluding hydrogens is 258 g/mol. The third-order valence-electron chi connectivity index (χ3n) is 2.55. The van der Waals surface area contributed by atoms with E-state index in [0.717, 1.165) is 5.75 Å². The summed E-state index contributed by atoms with van der Waals surface area (Å²) in [5.41, 5.74) is 4.97. The fraction of sp³-hybridized carbons (Fsp3) is 0.700. The molecule has 8 heteroatoms. The maximum Gasteiger partial charge on any atom is 0.327 e. The molecule has 0 aromatic heterocycles. The number of carbonyl (C=O) groups excluding carboxylic acids is 2. The van der Waals surface area contributed by atoms with Crippen LogP contribution in [0.25, 0.3) is 0 Å². The molecule has 1 unspecified atom stereocenters. The summed E-state index contributed by atoms with van der Waals surface area (Å²) in [6.07, 6.45) is 0.667. The third kappa shape index (κ3) is 4.44. The number of carboxylic acids is 1. The van der Waals surface area contributed by atoms with Gasteiger partial charge >= 0.3 is 12.0 Å². The van der Waals surface area contributed by atoms with Gasteiger partial charge in [0.15, 0.2) is 0 Å². The SMILES string of the molecule is NC(=O)CCCNC(=O)N1CCSCC1C(=O)O. The molecule has 1 heterocycles. The van der Waals surface area contributed by atoms with E-state index in [9.17, 15) is 14.4 Å². The lowest BCUT2D eigenvalue weighted by Gasteiger charge is -2.32. The van der Waals surface area contributed by atoms with Crippen LogP contribution in [0.5, 0.6) is 0 Å². The minimum atomic E-state index is -0.991. The van der Waals surface area contributed by atoms with Crippen LogP contribution in [0.15, 0.2) is 0 Å². The van der Waals surface area contributed by atoms with Gasteiger partial charge in [-0.2, -0.15) is 11.8 Å². The van der Waals surface area contributed by atoms with Crippen LogP contribution in [0, 0.1) is 0 Å². The molecule has 3 amide bonds. The second kappa shape index (κ2) is 7.10. The molecule has 0 aliphatic carbocycles. The fourth-order valence-corrected chi connectivity index (χ4v) is 2.65. The van der Waals surface area contributed by atoms with Crippen molar-refractivity contribution >= 4 is 29.7 Å². The predicted octanol–water partition coefficient (Wildman–Crippen LogP) is -0.536. The molecule has 1 rings (SSSR count). The lowest BCUT2D eigenvalue weighted by molar-refractivity contribution is -0.141. The standard InChI is InChI=1S/C10H17N3O4S/c11-8(14)2-1-3-12-10(17)13-4-5-18-6-7(13)9(15)16/h7H,1-6H2,(H2,11,14)(H,12,17)(H,15,16). The first kappa shape index (κ1) is 14.6. The first-order chi connectivity index (χ1) is 8.52. The normalized spacial score (nSPS) is 19.3. The highest BCUT2D eigenvalue weighted by atomic mass is 32.2. The number of hydrogen-bond donors (Lipinski definition) is 3. The average Bonchev–Trinajstić information content (AvgIpc) is 2.34. The van der Waals surface area contributed by atoms with Gasteiger partial charge in [-0.05, 0) is 6.42 Å². The van der Waals surface area contributed by atoms with Crippen molar-refractivity contribution in [3.63, 3.8) is 0 Å². The number of carboxylic acid groups (broad SMARTS) is 1. The Morgan fingerprint density at radius 3 is 2.78 bits per heavy atom. The van der Waals surface area contributed by atoms with E-state index in [-0.39, 0.29) is 6.42 Å². The molecule has 7 nitrogen and oxygen atoms in total. The van der Waals surface area contributed by atoms with E-state index in [2.05, 4.69) is 5.32 Å². The minimum Gasteiger partial charge on any atom is -0.480 e. The highest BCUT2D eigenvalue weighted by molar-refractivity contribution is 7.99. The van der Waals surface area contributed by atoms with Gasteiger partial charge in [-0.1, -0.05) is 0 Å². The second-order valence-corrected chi connectivity index (χ2v) is 5.07. The number of rotatable bonds is 5. The third-order valence-corrected chi connectivity index (χ3v) is 3.57. The number of primary amides is 1. The topological polar surface area (TPSA) is 113 Å². The monoisotopic (exact) mass is 275 g/mol. The van der Waals surface area contributed by atoms with Crippen molar-refractivity contribution in [1.82, 2.24) is 10.2 Å². The highest BCUT2D eigenvalue weighted by Crippen LogP contribution is 2.16. The first-order valence-corrected chi connectivity index (χ1v) is 6.81. The Bertz CT molecular complexity index is 337. The Labute approximate surface area is 109 Å². The molecule has 0 aromatic carbocycles. The van der Waals surface area contributed by atoms with Gasteiger partial charge in [0.1, 0.15) is 6.04 Å². The first-order valence-electron chi connectivity index (χ1n) is 5.65. The van der Waals surface area contributed by atoms with Gasteiger partial charge in [-0.25, -0.2) is 9.59 Å². The van der Waals surface area contributed by atoms with Gasteiger partial charge in [0.05, 0.1) is 0 Å². The van der Waals surface area contributed by atoms with Crippen LogP contribution >= 0.6 is 11.8 Å². The summed E-state index contributed by atoms with van der Waals surface area (Å²) in [7, 11) is 0. The van der Waals surface area contributed by atoms with E-state index < -0.39 is 23.9 Å². The van der Waals surface area contributed by atoms with Crippen molar-refractivity contribution in [2.24, 2.45) is 5.73 Å². The number of thioether (sulfide) groups is 1. The quantitative estimate of drug-likeness (QED) is 0.583. The van der Waals surface area contributed by atoms with Gasteiger partial charge in [0, 0.05) is 31.0 Å². The van der Waals surface area contributed by atoms with E-state index in [1.165, 1.54) is 16.7 Å². The number of hydrogen-bond acceptors (Lipinski definition) is 4. The molecule has 18 heavy (non-hydrogen) atoms. The van der Waals surface area contributed by atoms with E-state index in [1.54, 1.807) is 0 Å². The van der Waals surface area contributed by atoms with E-state index in [4.69, 9.17) is 10.8 Å². The number of aliphatic carboxylic acids is 1. The summed E-state index contributed by atoms with van der Waals surface area (Å²) >= 11 is 1.52. The maximum absolute atomic E-state index is 11.8. The Morgan fingerprint density at radius 2 is 2.17 bits per heavy atom. The molecule has 1 saturated heterocycles. The summed E-state index contributed by atoms with van der Waals surface area (Å²) in [5.74, 6) is -0.265. The number of nitrogens with zero attached hydrogens (tertiary/aromatic N) is 1. The summed E-state index contributed by atoms with van der Waals surface area (Å²) in [5, 5.41) is 11.6. The lowest BCUT2D eigenvalue weighted by atomic mass is 10.3. The molecule has 0 radical (unpaired) electrons. The van der Waals surface area contributed by atoms with Crippen molar-refractivity contribution in [3.05, 3.63) is 0 Å². The molecule has 4 N–H and O–H groups in total. The predicted molar refractivity (Wildman–Crippen MR) is 67.3 cm³/mol. The van der Waals surface area contributed by atoms with E-state index in [1.807, 2.05) is 0 Å². The van der Waals surface area contributed by atoms with Gasteiger partial charge in [0.2, 0.25) is 5.91 Å². The zero-order valence-corrected chi connectivity index (χ0v) is 10.7. The Hall–Kier alpha value is -1.44. The molecular formula is C10H17N3O4S. The van der Waals surface area contributed by atoms with E-state index >= 15 is 0 Å². The van der Waals surface area contributed by atoms with Gasteiger partial charge in [0.25, 0.3) is 0 Å². The highest BCUT2D eigenvalue weighted by Gasteiger charge is 2.32.